The second-order valence-corrected chi connectivity index (χ2v) is 9.03. The molecular weight excluding hydrogens is 459 g/mol. The van der Waals surface area contributed by atoms with Gasteiger partial charge in [0.25, 0.3) is 5.91 Å². The highest BCUT2D eigenvalue weighted by molar-refractivity contribution is 7.90. The molecule has 3 aromatic rings. The van der Waals surface area contributed by atoms with Crippen LogP contribution in [-0.4, -0.2) is 40.3 Å². The van der Waals surface area contributed by atoms with Gasteiger partial charge in [-0.15, -0.1) is 0 Å². The summed E-state index contributed by atoms with van der Waals surface area (Å²) in [5.74, 6) is -0.357. The first-order valence-electron chi connectivity index (χ1n) is 8.61. The zero-order chi connectivity index (χ0) is 23.0. The van der Waals surface area contributed by atoms with E-state index in [9.17, 15) is 26.4 Å². The number of aromatic nitrogens is 4. The number of nitrogens with zero attached hydrogens (tertiary/aromatic N) is 4. The van der Waals surface area contributed by atoms with Crippen LogP contribution in [0.2, 0.25) is 5.02 Å². The van der Waals surface area contributed by atoms with Crippen LogP contribution in [0.1, 0.15) is 34.7 Å². The normalized spacial score (nSPS) is 13.1. The first kappa shape index (κ1) is 22.7. The van der Waals surface area contributed by atoms with Crippen LogP contribution in [0.25, 0.3) is 5.82 Å². The summed E-state index contributed by atoms with van der Waals surface area (Å²) in [6.45, 7) is 1.57. The minimum Gasteiger partial charge on any atom is -0.342 e. The first-order valence-corrected chi connectivity index (χ1v) is 10.9. The van der Waals surface area contributed by atoms with E-state index < -0.39 is 33.5 Å². The van der Waals surface area contributed by atoms with E-state index in [1.54, 1.807) is 6.92 Å². The Labute approximate surface area is 180 Å². The second-order valence-electron chi connectivity index (χ2n) is 6.58. The summed E-state index contributed by atoms with van der Waals surface area (Å²) in [5.41, 5.74) is -0.902. The predicted molar refractivity (Wildman–Crippen MR) is 105 cm³/mol. The van der Waals surface area contributed by atoms with Crippen LogP contribution in [0.4, 0.5) is 13.2 Å². The number of benzene rings is 1. The van der Waals surface area contributed by atoms with Gasteiger partial charge in [0.05, 0.1) is 16.5 Å². The number of carbonyl (C=O) groups is 1. The van der Waals surface area contributed by atoms with E-state index in [1.807, 2.05) is 0 Å². The van der Waals surface area contributed by atoms with Crippen molar-refractivity contribution >= 4 is 27.3 Å². The van der Waals surface area contributed by atoms with Crippen molar-refractivity contribution in [3.8, 4) is 5.82 Å². The molecule has 31 heavy (non-hydrogen) atoms. The fourth-order valence-corrected chi connectivity index (χ4v) is 3.64. The van der Waals surface area contributed by atoms with Crippen molar-refractivity contribution in [2.45, 2.75) is 24.0 Å². The topological polar surface area (TPSA) is 107 Å². The summed E-state index contributed by atoms with van der Waals surface area (Å²) in [7, 11) is -3.59. The molecule has 0 saturated carbocycles. The van der Waals surface area contributed by atoms with Crippen LogP contribution >= 0.6 is 11.6 Å². The van der Waals surface area contributed by atoms with Gasteiger partial charge in [-0.3, -0.25) is 4.79 Å². The molecule has 3 rings (SSSR count). The molecule has 0 saturated heterocycles. The van der Waals surface area contributed by atoms with Crippen LogP contribution < -0.4 is 5.32 Å². The Morgan fingerprint density at radius 3 is 2.48 bits per heavy atom. The van der Waals surface area contributed by atoms with Gasteiger partial charge in [-0.05, 0) is 37.3 Å². The van der Waals surface area contributed by atoms with E-state index in [1.165, 1.54) is 29.2 Å². The van der Waals surface area contributed by atoms with E-state index in [-0.39, 0.29) is 27.1 Å². The van der Waals surface area contributed by atoms with Crippen molar-refractivity contribution in [1.29, 1.82) is 0 Å². The summed E-state index contributed by atoms with van der Waals surface area (Å²) in [6.07, 6.45) is -1.70. The summed E-state index contributed by atoms with van der Waals surface area (Å²) in [6, 6.07) is 4.95. The van der Waals surface area contributed by atoms with Gasteiger partial charge in [-0.25, -0.2) is 18.4 Å². The lowest BCUT2D eigenvalue weighted by Gasteiger charge is -2.15. The molecule has 0 fully saturated rings. The van der Waals surface area contributed by atoms with E-state index in [0.29, 0.717) is 6.20 Å². The van der Waals surface area contributed by atoms with Crippen LogP contribution in [0.5, 0.6) is 0 Å². The summed E-state index contributed by atoms with van der Waals surface area (Å²) in [5, 5.41) is 6.64. The Morgan fingerprint density at radius 2 is 1.90 bits per heavy atom. The van der Waals surface area contributed by atoms with Crippen molar-refractivity contribution in [2.24, 2.45) is 0 Å². The van der Waals surface area contributed by atoms with Crippen LogP contribution in [0, 0.1) is 0 Å². The van der Waals surface area contributed by atoms with Gasteiger partial charge in [0.15, 0.2) is 21.5 Å². The Hall–Kier alpha value is -2.99. The molecule has 0 radical (unpaired) electrons. The van der Waals surface area contributed by atoms with E-state index in [2.05, 4.69) is 20.4 Å². The number of halogens is 4. The number of sulfone groups is 1. The fraction of sp³-hybridized carbons (Fsp3) is 0.222. The monoisotopic (exact) mass is 473 g/mol. The Morgan fingerprint density at radius 1 is 1.19 bits per heavy atom. The molecule has 1 atom stereocenters. The van der Waals surface area contributed by atoms with Gasteiger partial charge in [0.2, 0.25) is 0 Å². The van der Waals surface area contributed by atoms with Gasteiger partial charge >= 0.3 is 6.18 Å². The molecule has 2 heterocycles. The molecular formula is C18H15ClF3N5O3S. The third kappa shape index (κ3) is 5.20. The van der Waals surface area contributed by atoms with Crippen LogP contribution in [0.15, 0.2) is 47.8 Å². The third-order valence-electron chi connectivity index (χ3n) is 4.16. The Kier molecular flexibility index (Phi) is 6.05. The van der Waals surface area contributed by atoms with Crippen molar-refractivity contribution in [1.82, 2.24) is 25.1 Å². The van der Waals surface area contributed by atoms with E-state index in [0.717, 1.165) is 18.4 Å². The maximum Gasteiger partial charge on any atom is 0.417 e. The largest absolute Gasteiger partial charge is 0.417 e. The quantitative estimate of drug-likeness (QED) is 0.609. The maximum atomic E-state index is 12.7. The average molecular weight is 474 g/mol. The average Bonchev–Trinajstić information content (AvgIpc) is 3.16. The number of carbonyl (C=O) groups excluding carboxylic acids is 1. The highest BCUT2D eigenvalue weighted by Crippen LogP contribution is 2.29. The van der Waals surface area contributed by atoms with Crippen molar-refractivity contribution < 1.29 is 26.4 Å². The predicted octanol–water partition coefficient (Wildman–Crippen LogP) is 3.23. The summed E-state index contributed by atoms with van der Waals surface area (Å²) >= 11 is 5.93. The molecule has 0 aliphatic carbocycles. The van der Waals surface area contributed by atoms with Gasteiger partial charge in [-0.1, -0.05) is 11.6 Å². The fourth-order valence-electron chi connectivity index (χ4n) is 2.65. The SMILES string of the molecule is C[C@@H](NC(=O)c1cc(Cl)cc(S(C)(=O)=O)c1)c1ncnn1-c1ccc(C(F)(F)F)cn1. The lowest BCUT2D eigenvalue weighted by atomic mass is 10.2. The minimum atomic E-state index is -4.53. The van der Waals surface area contributed by atoms with E-state index >= 15 is 0 Å². The minimum absolute atomic E-state index is 0.0125. The second kappa shape index (κ2) is 8.27. The van der Waals surface area contributed by atoms with Crippen molar-refractivity contribution in [3.05, 3.63) is 64.8 Å². The number of hydrogen-bond acceptors (Lipinski definition) is 6. The highest BCUT2D eigenvalue weighted by Gasteiger charge is 2.31. The van der Waals surface area contributed by atoms with Crippen LogP contribution in [-0.2, 0) is 16.0 Å². The van der Waals surface area contributed by atoms with Gasteiger partial charge in [0, 0.05) is 23.0 Å². The van der Waals surface area contributed by atoms with Crippen molar-refractivity contribution in [3.63, 3.8) is 0 Å². The Balaban J connectivity index is 1.84. The van der Waals surface area contributed by atoms with E-state index in [4.69, 9.17) is 11.6 Å². The molecule has 0 bridgehead atoms. The summed E-state index contributed by atoms with van der Waals surface area (Å²) in [4.78, 5) is 20.3. The molecule has 0 spiro atoms. The molecule has 2 aromatic heterocycles. The molecule has 1 N–H and O–H groups in total. The zero-order valence-electron chi connectivity index (χ0n) is 16.1. The third-order valence-corrected chi connectivity index (χ3v) is 5.47. The number of rotatable bonds is 5. The number of pyridine rings is 1. The molecule has 8 nitrogen and oxygen atoms in total. The highest BCUT2D eigenvalue weighted by atomic mass is 35.5. The number of hydrogen-bond donors (Lipinski definition) is 1. The zero-order valence-corrected chi connectivity index (χ0v) is 17.6. The smallest absolute Gasteiger partial charge is 0.342 e. The lowest BCUT2D eigenvalue weighted by Crippen LogP contribution is -2.29. The molecule has 1 amide bonds. The number of alkyl halides is 3. The van der Waals surface area contributed by atoms with Crippen molar-refractivity contribution in [2.75, 3.05) is 6.26 Å². The number of amides is 1. The molecule has 1 aromatic carbocycles. The molecule has 0 aliphatic rings. The number of nitrogens with one attached hydrogen (secondary N) is 1. The van der Waals surface area contributed by atoms with Gasteiger partial charge in [0.1, 0.15) is 6.33 Å². The van der Waals surface area contributed by atoms with Gasteiger partial charge in [-0.2, -0.15) is 23.0 Å². The molecule has 0 aliphatic heterocycles. The Bertz CT molecular complexity index is 1230. The van der Waals surface area contributed by atoms with Gasteiger partial charge < -0.3 is 5.32 Å². The maximum absolute atomic E-state index is 12.7. The molecule has 164 valence electrons. The first-order chi connectivity index (χ1) is 14.4. The molecule has 0 unspecified atom stereocenters. The lowest BCUT2D eigenvalue weighted by molar-refractivity contribution is -0.137. The molecule has 13 heteroatoms. The van der Waals surface area contributed by atoms with Crippen LogP contribution in [0.3, 0.4) is 0 Å². The summed E-state index contributed by atoms with van der Waals surface area (Å²) < 4.78 is 62.9. The standard InChI is InChI=1S/C18H15ClF3N5O3S/c1-10(26-17(28)11-5-13(19)7-14(6-11)31(2,29)30)16-24-9-25-27(16)15-4-3-12(8-23-15)18(20,21)22/h3-10H,1-2H3,(H,26,28)/t10-/m1/s1.